The van der Waals surface area contributed by atoms with Gasteiger partial charge in [0.05, 0.1) is 11.7 Å². The van der Waals surface area contributed by atoms with Crippen LogP contribution >= 0.6 is 0 Å². The molecule has 2 rings (SSSR count). The molecule has 4 unspecified atom stereocenters. The number of likely N-dealkylation sites (N-methyl/N-ethyl adjacent to an activating group) is 1. The lowest BCUT2D eigenvalue weighted by molar-refractivity contribution is -0.138. The Morgan fingerprint density at radius 1 is 1.05 bits per heavy atom. The maximum atomic E-state index is 6.77. The van der Waals surface area contributed by atoms with Gasteiger partial charge >= 0.3 is 0 Å². The minimum absolute atomic E-state index is 0.120. The van der Waals surface area contributed by atoms with Gasteiger partial charge in [0, 0.05) is 6.54 Å². The van der Waals surface area contributed by atoms with Crippen LogP contribution in [0.2, 0.25) is 0 Å². The van der Waals surface area contributed by atoms with Gasteiger partial charge in [-0.3, -0.25) is 0 Å². The SMILES string of the molecule is CCNCC1(OC2CC(C)CC(C)C2)CCCC(C)C1. The van der Waals surface area contributed by atoms with Gasteiger partial charge in [0.15, 0.2) is 0 Å². The van der Waals surface area contributed by atoms with E-state index in [0.29, 0.717) is 6.10 Å². The highest BCUT2D eigenvalue weighted by molar-refractivity contribution is 4.91. The summed E-state index contributed by atoms with van der Waals surface area (Å²) in [5.74, 6) is 2.49. The number of rotatable bonds is 5. The fraction of sp³-hybridized carbons (Fsp3) is 1.00. The van der Waals surface area contributed by atoms with Crippen molar-refractivity contribution in [1.82, 2.24) is 5.32 Å². The van der Waals surface area contributed by atoms with Crippen LogP contribution in [-0.4, -0.2) is 24.8 Å². The van der Waals surface area contributed by atoms with Gasteiger partial charge in [0.1, 0.15) is 0 Å². The second-order valence-corrected chi connectivity index (χ2v) is 7.82. The van der Waals surface area contributed by atoms with E-state index in [0.717, 1.165) is 30.8 Å². The van der Waals surface area contributed by atoms with E-state index in [1.54, 1.807) is 0 Å². The molecule has 0 amide bonds. The molecule has 4 atom stereocenters. The van der Waals surface area contributed by atoms with Crippen molar-refractivity contribution in [3.63, 3.8) is 0 Å². The Morgan fingerprint density at radius 3 is 2.35 bits per heavy atom. The summed E-state index contributed by atoms with van der Waals surface area (Å²) in [5.41, 5.74) is 0.120. The van der Waals surface area contributed by atoms with E-state index in [1.807, 2.05) is 0 Å². The molecule has 0 aromatic rings. The number of hydrogen-bond acceptors (Lipinski definition) is 2. The smallest absolute Gasteiger partial charge is 0.0812 e. The average Bonchev–Trinajstić information content (AvgIpc) is 2.35. The predicted octanol–water partition coefficient (Wildman–Crippen LogP) is 4.39. The first-order chi connectivity index (χ1) is 9.53. The quantitative estimate of drug-likeness (QED) is 0.807. The Labute approximate surface area is 126 Å². The standard InChI is InChI=1S/C18H35NO/c1-5-19-13-18(8-6-7-14(2)12-18)20-17-10-15(3)9-16(4)11-17/h14-17,19H,5-13H2,1-4H3. The normalized spacial score (nSPS) is 42.6. The molecule has 0 bridgehead atoms. The Morgan fingerprint density at radius 2 is 1.75 bits per heavy atom. The van der Waals surface area contributed by atoms with E-state index in [9.17, 15) is 0 Å². The largest absolute Gasteiger partial charge is 0.370 e. The molecule has 0 spiro atoms. The summed E-state index contributed by atoms with van der Waals surface area (Å²) >= 11 is 0. The first-order valence-corrected chi connectivity index (χ1v) is 8.91. The third-order valence-corrected chi connectivity index (χ3v) is 5.30. The lowest BCUT2D eigenvalue weighted by atomic mass is 9.77. The third kappa shape index (κ3) is 4.46. The highest BCUT2D eigenvalue weighted by atomic mass is 16.5. The minimum atomic E-state index is 0.120. The van der Waals surface area contributed by atoms with E-state index in [1.165, 1.54) is 44.9 Å². The predicted molar refractivity (Wildman–Crippen MR) is 86.0 cm³/mol. The van der Waals surface area contributed by atoms with Crippen LogP contribution in [0.4, 0.5) is 0 Å². The Hall–Kier alpha value is -0.0800. The maximum Gasteiger partial charge on any atom is 0.0812 e. The summed E-state index contributed by atoms with van der Waals surface area (Å²) < 4.78 is 6.77. The van der Waals surface area contributed by atoms with Crippen molar-refractivity contribution in [2.75, 3.05) is 13.1 Å². The fourth-order valence-electron chi connectivity index (χ4n) is 4.60. The van der Waals surface area contributed by atoms with Gasteiger partial charge in [-0.25, -0.2) is 0 Å². The molecular formula is C18H35NO. The summed E-state index contributed by atoms with van der Waals surface area (Å²) in [6.45, 7) is 11.5. The summed E-state index contributed by atoms with van der Waals surface area (Å²) in [6, 6.07) is 0. The molecule has 0 aromatic carbocycles. The van der Waals surface area contributed by atoms with E-state index < -0.39 is 0 Å². The average molecular weight is 281 g/mol. The van der Waals surface area contributed by atoms with Crippen molar-refractivity contribution in [3.8, 4) is 0 Å². The molecule has 2 fully saturated rings. The topological polar surface area (TPSA) is 21.3 Å². The van der Waals surface area contributed by atoms with Crippen molar-refractivity contribution < 1.29 is 4.74 Å². The summed E-state index contributed by atoms with van der Waals surface area (Å²) in [5, 5.41) is 3.57. The zero-order valence-electron chi connectivity index (χ0n) is 14.1. The molecule has 118 valence electrons. The van der Waals surface area contributed by atoms with Crippen LogP contribution < -0.4 is 5.32 Å². The van der Waals surface area contributed by atoms with Crippen molar-refractivity contribution in [2.45, 2.75) is 84.3 Å². The van der Waals surface area contributed by atoms with Crippen molar-refractivity contribution >= 4 is 0 Å². The highest BCUT2D eigenvalue weighted by Gasteiger charge is 2.39. The van der Waals surface area contributed by atoms with Crippen LogP contribution in [0.15, 0.2) is 0 Å². The summed E-state index contributed by atoms with van der Waals surface area (Å²) in [6.07, 6.45) is 9.65. The summed E-state index contributed by atoms with van der Waals surface area (Å²) in [4.78, 5) is 0. The zero-order valence-corrected chi connectivity index (χ0v) is 14.1. The maximum absolute atomic E-state index is 6.77. The first-order valence-electron chi connectivity index (χ1n) is 8.91. The molecule has 2 heteroatoms. The van der Waals surface area contributed by atoms with Crippen molar-refractivity contribution in [2.24, 2.45) is 17.8 Å². The molecule has 0 saturated heterocycles. The van der Waals surface area contributed by atoms with Crippen molar-refractivity contribution in [3.05, 3.63) is 0 Å². The van der Waals surface area contributed by atoms with Gasteiger partial charge in [-0.05, 0) is 56.4 Å². The van der Waals surface area contributed by atoms with Gasteiger partial charge in [-0.15, -0.1) is 0 Å². The Balaban J connectivity index is 1.99. The number of ether oxygens (including phenoxy) is 1. The Bertz CT molecular complexity index is 283. The van der Waals surface area contributed by atoms with Crippen LogP contribution in [-0.2, 0) is 4.74 Å². The molecule has 0 radical (unpaired) electrons. The van der Waals surface area contributed by atoms with Crippen LogP contribution in [0, 0.1) is 17.8 Å². The molecule has 0 heterocycles. The van der Waals surface area contributed by atoms with Gasteiger partial charge in [-0.2, -0.15) is 0 Å². The van der Waals surface area contributed by atoms with Crippen LogP contribution in [0.25, 0.3) is 0 Å². The minimum Gasteiger partial charge on any atom is -0.370 e. The molecule has 20 heavy (non-hydrogen) atoms. The number of nitrogens with one attached hydrogen (secondary N) is 1. The zero-order chi connectivity index (χ0) is 14.6. The molecule has 2 saturated carbocycles. The lowest BCUT2D eigenvalue weighted by Crippen LogP contribution is -2.49. The van der Waals surface area contributed by atoms with E-state index in [4.69, 9.17) is 4.74 Å². The summed E-state index contributed by atoms with van der Waals surface area (Å²) in [7, 11) is 0. The van der Waals surface area contributed by atoms with E-state index in [-0.39, 0.29) is 5.60 Å². The Kier molecular flexibility index (Phi) is 5.92. The molecule has 2 nitrogen and oxygen atoms in total. The van der Waals surface area contributed by atoms with Crippen LogP contribution in [0.1, 0.15) is 72.6 Å². The van der Waals surface area contributed by atoms with Crippen LogP contribution in [0.3, 0.4) is 0 Å². The van der Waals surface area contributed by atoms with Gasteiger partial charge in [0.25, 0.3) is 0 Å². The number of hydrogen-bond donors (Lipinski definition) is 1. The van der Waals surface area contributed by atoms with Gasteiger partial charge < -0.3 is 10.1 Å². The molecule has 2 aliphatic rings. The monoisotopic (exact) mass is 281 g/mol. The van der Waals surface area contributed by atoms with E-state index in [2.05, 4.69) is 33.0 Å². The second-order valence-electron chi connectivity index (χ2n) is 7.82. The molecular weight excluding hydrogens is 246 g/mol. The van der Waals surface area contributed by atoms with Gasteiger partial charge in [0.2, 0.25) is 0 Å². The third-order valence-electron chi connectivity index (χ3n) is 5.30. The molecule has 0 aromatic heterocycles. The van der Waals surface area contributed by atoms with Crippen molar-refractivity contribution in [1.29, 1.82) is 0 Å². The van der Waals surface area contributed by atoms with Gasteiger partial charge in [-0.1, -0.05) is 40.5 Å². The molecule has 0 aliphatic heterocycles. The second kappa shape index (κ2) is 7.26. The highest BCUT2D eigenvalue weighted by Crippen LogP contribution is 2.39. The fourth-order valence-corrected chi connectivity index (χ4v) is 4.60. The molecule has 2 aliphatic carbocycles. The van der Waals surface area contributed by atoms with E-state index >= 15 is 0 Å². The molecule has 1 N–H and O–H groups in total. The first kappa shape index (κ1) is 16.3. The van der Waals surface area contributed by atoms with Crippen LogP contribution in [0.5, 0.6) is 0 Å². The lowest BCUT2D eigenvalue weighted by Gasteiger charge is -2.45.